The quantitative estimate of drug-likeness (QED) is 0.799. The molecule has 0 fully saturated rings. The van der Waals surface area contributed by atoms with Crippen LogP contribution in [-0.4, -0.2) is 33.6 Å². The zero-order valence-corrected chi connectivity index (χ0v) is 11.6. The highest BCUT2D eigenvalue weighted by atomic mass is 32.1. The minimum Gasteiger partial charge on any atom is -0.396 e. The second kappa shape index (κ2) is 5.50. The summed E-state index contributed by atoms with van der Waals surface area (Å²) in [5, 5.41) is 11.2. The van der Waals surface area contributed by atoms with Gasteiger partial charge >= 0.3 is 0 Å². The summed E-state index contributed by atoms with van der Waals surface area (Å²) in [6, 6.07) is 0. The smallest absolute Gasteiger partial charge is 0.271 e. The molecule has 0 aromatic carbocycles. The largest absolute Gasteiger partial charge is 0.396 e. The van der Waals surface area contributed by atoms with E-state index in [-0.39, 0.29) is 17.7 Å². The number of carbonyl (C=O) groups is 1. The number of amides is 1. The Morgan fingerprint density at radius 1 is 1.53 bits per heavy atom. The van der Waals surface area contributed by atoms with Gasteiger partial charge in [-0.1, -0.05) is 0 Å². The SMILES string of the molecule is Cc1sc2ncc(C(=O)NCCCO)c(=O)n2c1C. The first kappa shape index (κ1) is 13.7. The first-order valence-electron chi connectivity index (χ1n) is 5.93. The van der Waals surface area contributed by atoms with Gasteiger partial charge in [0.1, 0.15) is 5.56 Å². The standard InChI is InChI=1S/C12H15N3O3S/c1-7-8(2)19-12-14-6-9(11(18)15(7)12)10(17)13-4-3-5-16/h6,16H,3-5H2,1-2H3,(H,13,17). The summed E-state index contributed by atoms with van der Waals surface area (Å²) in [5.41, 5.74) is 0.479. The maximum absolute atomic E-state index is 12.3. The van der Waals surface area contributed by atoms with Crippen LogP contribution in [0.5, 0.6) is 0 Å². The number of rotatable bonds is 4. The number of carbonyl (C=O) groups excluding carboxylic acids is 1. The molecule has 2 heterocycles. The average Bonchev–Trinajstić information content (AvgIpc) is 2.66. The maximum Gasteiger partial charge on any atom is 0.271 e. The Morgan fingerprint density at radius 2 is 2.26 bits per heavy atom. The number of nitrogens with one attached hydrogen (secondary N) is 1. The molecular formula is C12H15N3O3S. The van der Waals surface area contributed by atoms with Gasteiger partial charge in [0.05, 0.1) is 0 Å². The third-order valence-electron chi connectivity index (χ3n) is 2.88. The van der Waals surface area contributed by atoms with Crippen LogP contribution in [-0.2, 0) is 0 Å². The molecule has 2 aromatic rings. The van der Waals surface area contributed by atoms with Crippen molar-refractivity contribution in [2.45, 2.75) is 20.3 Å². The molecule has 6 nitrogen and oxygen atoms in total. The van der Waals surface area contributed by atoms with E-state index in [4.69, 9.17) is 5.11 Å². The molecule has 0 spiro atoms. The highest BCUT2D eigenvalue weighted by Crippen LogP contribution is 2.18. The van der Waals surface area contributed by atoms with E-state index in [0.29, 0.717) is 17.9 Å². The molecule has 2 rings (SSSR count). The molecule has 2 aromatic heterocycles. The Labute approximate surface area is 113 Å². The molecular weight excluding hydrogens is 266 g/mol. The topological polar surface area (TPSA) is 83.7 Å². The van der Waals surface area contributed by atoms with E-state index in [1.54, 1.807) is 0 Å². The van der Waals surface area contributed by atoms with E-state index in [9.17, 15) is 9.59 Å². The molecule has 0 bridgehead atoms. The van der Waals surface area contributed by atoms with Crippen molar-refractivity contribution in [1.82, 2.24) is 14.7 Å². The Morgan fingerprint density at radius 3 is 2.95 bits per heavy atom. The van der Waals surface area contributed by atoms with E-state index >= 15 is 0 Å². The molecule has 0 atom stereocenters. The predicted octanol–water partition coefficient (Wildman–Crippen LogP) is 0.485. The molecule has 0 aliphatic rings. The first-order chi connectivity index (χ1) is 9.06. The zero-order valence-electron chi connectivity index (χ0n) is 10.8. The van der Waals surface area contributed by atoms with Crippen LogP contribution in [0.2, 0.25) is 0 Å². The number of aliphatic hydroxyl groups excluding tert-OH is 1. The van der Waals surface area contributed by atoms with Gasteiger partial charge < -0.3 is 10.4 Å². The minimum atomic E-state index is -0.455. The molecule has 7 heteroatoms. The minimum absolute atomic E-state index is 0.000614. The van der Waals surface area contributed by atoms with Crippen LogP contribution < -0.4 is 10.9 Å². The fourth-order valence-electron chi connectivity index (χ4n) is 1.71. The number of hydrogen-bond donors (Lipinski definition) is 2. The van der Waals surface area contributed by atoms with Gasteiger partial charge in [-0.05, 0) is 20.3 Å². The van der Waals surface area contributed by atoms with Gasteiger partial charge in [-0.15, -0.1) is 11.3 Å². The molecule has 19 heavy (non-hydrogen) atoms. The van der Waals surface area contributed by atoms with Gasteiger partial charge in [-0.2, -0.15) is 0 Å². The molecule has 102 valence electrons. The van der Waals surface area contributed by atoms with Crippen LogP contribution in [0.25, 0.3) is 4.96 Å². The maximum atomic E-state index is 12.3. The second-order valence-corrected chi connectivity index (χ2v) is 5.35. The summed E-state index contributed by atoms with van der Waals surface area (Å²) in [6.07, 6.45) is 1.76. The van der Waals surface area contributed by atoms with Gasteiger partial charge in [-0.3, -0.25) is 14.0 Å². The van der Waals surface area contributed by atoms with Crippen molar-refractivity contribution in [2.75, 3.05) is 13.2 Å². The Hall–Kier alpha value is -1.73. The Kier molecular flexibility index (Phi) is 3.96. The Bertz CT molecular complexity index is 675. The van der Waals surface area contributed by atoms with Crippen molar-refractivity contribution in [3.8, 4) is 0 Å². The van der Waals surface area contributed by atoms with Crippen LogP contribution in [0.4, 0.5) is 0 Å². The lowest BCUT2D eigenvalue weighted by Gasteiger charge is -2.04. The number of fused-ring (bicyclic) bond motifs is 1. The van der Waals surface area contributed by atoms with E-state index in [2.05, 4.69) is 10.3 Å². The van der Waals surface area contributed by atoms with Crippen LogP contribution >= 0.6 is 11.3 Å². The molecule has 0 unspecified atom stereocenters. The van der Waals surface area contributed by atoms with Crippen LogP contribution in [0, 0.1) is 13.8 Å². The summed E-state index contributed by atoms with van der Waals surface area (Å²) in [4.78, 5) is 29.9. The van der Waals surface area contributed by atoms with Gasteiger partial charge in [0.25, 0.3) is 11.5 Å². The summed E-state index contributed by atoms with van der Waals surface area (Å²) in [5.74, 6) is -0.455. The monoisotopic (exact) mass is 281 g/mol. The van der Waals surface area contributed by atoms with E-state index in [1.807, 2.05) is 13.8 Å². The van der Waals surface area contributed by atoms with Crippen LogP contribution in [0.3, 0.4) is 0 Å². The lowest BCUT2D eigenvalue weighted by molar-refractivity contribution is 0.0949. The number of aliphatic hydroxyl groups is 1. The molecule has 0 saturated carbocycles. The zero-order chi connectivity index (χ0) is 14.0. The lowest BCUT2D eigenvalue weighted by Crippen LogP contribution is -2.32. The van der Waals surface area contributed by atoms with Gasteiger partial charge in [0.2, 0.25) is 0 Å². The molecule has 1 amide bonds. The van der Waals surface area contributed by atoms with Crippen molar-refractivity contribution in [1.29, 1.82) is 0 Å². The average molecular weight is 281 g/mol. The number of aryl methyl sites for hydroxylation is 2. The summed E-state index contributed by atoms with van der Waals surface area (Å²) in [7, 11) is 0. The molecule has 0 aliphatic carbocycles. The van der Waals surface area contributed by atoms with Gasteiger partial charge in [0, 0.05) is 29.9 Å². The highest BCUT2D eigenvalue weighted by Gasteiger charge is 2.15. The summed E-state index contributed by atoms with van der Waals surface area (Å²) < 4.78 is 1.46. The lowest BCUT2D eigenvalue weighted by atomic mass is 10.3. The highest BCUT2D eigenvalue weighted by molar-refractivity contribution is 7.17. The molecule has 0 radical (unpaired) electrons. The Balaban J connectivity index is 2.40. The van der Waals surface area contributed by atoms with Crippen molar-refractivity contribution in [3.05, 3.63) is 32.7 Å². The van der Waals surface area contributed by atoms with E-state index in [0.717, 1.165) is 10.6 Å². The third kappa shape index (κ3) is 2.52. The normalized spacial score (nSPS) is 10.9. The predicted molar refractivity (Wildman–Crippen MR) is 72.8 cm³/mol. The number of nitrogens with zero attached hydrogens (tertiary/aromatic N) is 2. The third-order valence-corrected chi connectivity index (χ3v) is 3.96. The van der Waals surface area contributed by atoms with E-state index < -0.39 is 5.91 Å². The number of thiazole rings is 1. The van der Waals surface area contributed by atoms with Crippen LogP contribution in [0.1, 0.15) is 27.3 Å². The second-order valence-electron chi connectivity index (χ2n) is 4.17. The number of aromatic nitrogens is 2. The van der Waals surface area contributed by atoms with Crippen molar-refractivity contribution < 1.29 is 9.90 Å². The van der Waals surface area contributed by atoms with Crippen LogP contribution in [0.15, 0.2) is 11.0 Å². The van der Waals surface area contributed by atoms with Gasteiger partial charge in [0.15, 0.2) is 4.96 Å². The van der Waals surface area contributed by atoms with Crippen molar-refractivity contribution in [2.24, 2.45) is 0 Å². The molecule has 2 N–H and O–H groups in total. The summed E-state index contributed by atoms with van der Waals surface area (Å²) >= 11 is 1.42. The van der Waals surface area contributed by atoms with Crippen molar-refractivity contribution >= 4 is 22.2 Å². The van der Waals surface area contributed by atoms with E-state index in [1.165, 1.54) is 21.9 Å². The fraction of sp³-hybridized carbons (Fsp3) is 0.417. The molecule has 0 aliphatic heterocycles. The van der Waals surface area contributed by atoms with Gasteiger partial charge in [-0.25, -0.2) is 4.98 Å². The number of hydrogen-bond acceptors (Lipinski definition) is 5. The van der Waals surface area contributed by atoms with Crippen molar-refractivity contribution in [3.63, 3.8) is 0 Å². The first-order valence-corrected chi connectivity index (χ1v) is 6.74. The molecule has 0 saturated heterocycles. The summed E-state index contributed by atoms with van der Waals surface area (Å²) in [6.45, 7) is 4.07. The fourth-order valence-corrected chi connectivity index (χ4v) is 2.64.